The Bertz CT molecular complexity index is 268. The first-order valence-electron chi connectivity index (χ1n) is 6.23. The minimum atomic E-state index is -0.447. The molecule has 3 atom stereocenters. The summed E-state index contributed by atoms with van der Waals surface area (Å²) in [6.45, 7) is 0.536. The van der Waals surface area contributed by atoms with E-state index < -0.39 is 6.10 Å². The van der Waals surface area contributed by atoms with Crippen molar-refractivity contribution in [1.82, 2.24) is 9.80 Å². The Morgan fingerprint density at radius 2 is 2.00 bits per heavy atom. The molecule has 1 heterocycles. The molecule has 2 aliphatic rings. The smallest absolute Gasteiger partial charge is 0.225 e. The molecule has 1 saturated carbocycles. The molecule has 2 rings (SSSR count). The van der Waals surface area contributed by atoms with Crippen molar-refractivity contribution in [2.75, 3.05) is 20.6 Å². The van der Waals surface area contributed by atoms with Gasteiger partial charge in [0.2, 0.25) is 5.91 Å². The maximum absolute atomic E-state index is 11.8. The fourth-order valence-electron chi connectivity index (χ4n) is 3.09. The topological polar surface area (TPSA) is 43.8 Å². The van der Waals surface area contributed by atoms with Gasteiger partial charge in [0.1, 0.15) is 0 Å². The van der Waals surface area contributed by atoms with Crippen LogP contribution >= 0.6 is 0 Å². The lowest BCUT2D eigenvalue weighted by Crippen LogP contribution is -2.52. The first-order chi connectivity index (χ1) is 7.59. The van der Waals surface area contributed by atoms with Gasteiger partial charge in [0.25, 0.3) is 0 Å². The lowest BCUT2D eigenvalue weighted by atomic mass is 9.88. The molecule has 1 saturated heterocycles. The molecule has 4 nitrogen and oxygen atoms in total. The highest BCUT2D eigenvalue weighted by Crippen LogP contribution is 2.29. The van der Waals surface area contributed by atoms with Crippen molar-refractivity contribution in [3.8, 4) is 0 Å². The van der Waals surface area contributed by atoms with Gasteiger partial charge in [-0.25, -0.2) is 0 Å². The summed E-state index contributed by atoms with van der Waals surface area (Å²) in [5.74, 6) is 0.131. The summed E-state index contributed by atoms with van der Waals surface area (Å²) in [6, 6.07) is 0.774. The molecule has 16 heavy (non-hydrogen) atoms. The molecule has 0 aromatic rings. The number of nitrogens with zero attached hydrogens (tertiary/aromatic N) is 2. The van der Waals surface area contributed by atoms with Crippen LogP contribution < -0.4 is 0 Å². The van der Waals surface area contributed by atoms with Crippen LogP contribution in [0.15, 0.2) is 0 Å². The van der Waals surface area contributed by atoms with Crippen LogP contribution in [0.2, 0.25) is 0 Å². The number of likely N-dealkylation sites (N-methyl/N-ethyl adjacent to an activating group) is 1. The Hall–Kier alpha value is -0.610. The van der Waals surface area contributed by atoms with Gasteiger partial charge >= 0.3 is 0 Å². The largest absolute Gasteiger partial charge is 0.391 e. The van der Waals surface area contributed by atoms with E-state index in [2.05, 4.69) is 19.0 Å². The molecule has 1 aliphatic heterocycles. The van der Waals surface area contributed by atoms with Gasteiger partial charge in [-0.3, -0.25) is 4.79 Å². The minimum Gasteiger partial charge on any atom is -0.391 e. The molecule has 0 aromatic heterocycles. The molecule has 1 N–H and O–H groups in total. The summed E-state index contributed by atoms with van der Waals surface area (Å²) in [5.41, 5.74) is 0. The Morgan fingerprint density at radius 1 is 1.31 bits per heavy atom. The van der Waals surface area contributed by atoms with Crippen LogP contribution in [0.5, 0.6) is 0 Å². The lowest BCUT2D eigenvalue weighted by molar-refractivity contribution is -0.131. The molecule has 1 amide bonds. The van der Waals surface area contributed by atoms with Gasteiger partial charge in [0.05, 0.1) is 12.5 Å². The zero-order chi connectivity index (χ0) is 11.7. The van der Waals surface area contributed by atoms with Crippen molar-refractivity contribution in [3.63, 3.8) is 0 Å². The van der Waals surface area contributed by atoms with Crippen molar-refractivity contribution in [1.29, 1.82) is 0 Å². The van der Waals surface area contributed by atoms with Crippen molar-refractivity contribution >= 4 is 5.91 Å². The van der Waals surface area contributed by atoms with E-state index >= 15 is 0 Å². The lowest BCUT2D eigenvalue weighted by Gasteiger charge is -2.41. The molecule has 4 heteroatoms. The van der Waals surface area contributed by atoms with Gasteiger partial charge in [-0.05, 0) is 26.9 Å². The molecule has 1 unspecified atom stereocenters. The summed E-state index contributed by atoms with van der Waals surface area (Å²) in [6.07, 6.45) is 4.58. The summed E-state index contributed by atoms with van der Waals surface area (Å²) >= 11 is 0. The molecule has 0 bridgehead atoms. The van der Waals surface area contributed by atoms with Crippen LogP contribution in [-0.2, 0) is 4.79 Å². The standard InChI is InChI=1S/C12H22N2O2/c1-13(2)10-5-3-4-6-11(10)14-8-9(15)7-12(14)16/h9-11,15H,3-8H2,1-2H3/t9?,10-,11-/m0/s1. The monoisotopic (exact) mass is 226 g/mol. The van der Waals surface area contributed by atoms with E-state index in [-0.39, 0.29) is 5.91 Å². The highest BCUT2D eigenvalue weighted by atomic mass is 16.3. The number of β-amino-alcohol motifs (C(OH)–C–C–N with tert-alkyl or cyclic N) is 1. The molecule has 1 aliphatic carbocycles. The van der Waals surface area contributed by atoms with Gasteiger partial charge in [0.15, 0.2) is 0 Å². The summed E-state index contributed by atoms with van der Waals surface area (Å²) < 4.78 is 0. The number of hydrogen-bond donors (Lipinski definition) is 1. The molecule has 0 radical (unpaired) electrons. The SMILES string of the molecule is CN(C)[C@H]1CCCC[C@@H]1N1CC(O)CC1=O. The van der Waals surface area contributed by atoms with Crippen molar-refractivity contribution in [2.45, 2.75) is 50.3 Å². The molecule has 0 spiro atoms. The minimum absolute atomic E-state index is 0.131. The molecule has 0 aromatic carbocycles. The van der Waals surface area contributed by atoms with Gasteiger partial charge in [-0.15, -0.1) is 0 Å². The number of hydrogen-bond acceptors (Lipinski definition) is 3. The maximum Gasteiger partial charge on any atom is 0.225 e. The summed E-state index contributed by atoms with van der Waals surface area (Å²) in [4.78, 5) is 15.9. The van der Waals surface area contributed by atoms with Crippen LogP contribution in [0.25, 0.3) is 0 Å². The second-order valence-corrected chi connectivity index (χ2v) is 5.29. The fourth-order valence-corrected chi connectivity index (χ4v) is 3.09. The number of likely N-dealkylation sites (tertiary alicyclic amines) is 1. The number of carbonyl (C=O) groups is 1. The van der Waals surface area contributed by atoms with Crippen LogP contribution in [-0.4, -0.2) is 59.6 Å². The predicted octanol–water partition coefficient (Wildman–Crippen LogP) is 0.452. The Balaban J connectivity index is 2.08. The number of carbonyl (C=O) groups excluding carboxylic acids is 1. The van der Waals surface area contributed by atoms with Gasteiger partial charge in [-0.2, -0.15) is 0 Å². The van der Waals surface area contributed by atoms with Crippen molar-refractivity contribution < 1.29 is 9.90 Å². The van der Waals surface area contributed by atoms with E-state index in [1.807, 2.05) is 4.90 Å². The summed E-state index contributed by atoms with van der Waals surface area (Å²) in [7, 11) is 4.17. The first kappa shape index (κ1) is 11.9. The van der Waals surface area contributed by atoms with E-state index in [0.29, 0.717) is 25.0 Å². The van der Waals surface area contributed by atoms with Gasteiger partial charge in [0, 0.05) is 18.6 Å². The zero-order valence-corrected chi connectivity index (χ0v) is 10.2. The van der Waals surface area contributed by atoms with E-state index in [0.717, 1.165) is 12.8 Å². The second kappa shape index (κ2) is 4.72. The van der Waals surface area contributed by atoms with Crippen LogP contribution in [0.1, 0.15) is 32.1 Å². The quantitative estimate of drug-likeness (QED) is 0.743. The molecular weight excluding hydrogens is 204 g/mol. The molecular formula is C12H22N2O2. The second-order valence-electron chi connectivity index (χ2n) is 5.29. The highest BCUT2D eigenvalue weighted by Gasteiger charge is 2.38. The van der Waals surface area contributed by atoms with E-state index in [4.69, 9.17) is 0 Å². The number of aliphatic hydroxyl groups excluding tert-OH is 1. The Morgan fingerprint density at radius 3 is 2.56 bits per heavy atom. The normalized spacial score (nSPS) is 36.1. The number of rotatable bonds is 2. The molecule has 92 valence electrons. The maximum atomic E-state index is 11.8. The average molecular weight is 226 g/mol. The Labute approximate surface area is 97.2 Å². The summed E-state index contributed by atoms with van der Waals surface area (Å²) in [5, 5.41) is 9.55. The van der Waals surface area contributed by atoms with Gasteiger partial charge < -0.3 is 14.9 Å². The van der Waals surface area contributed by atoms with Crippen molar-refractivity contribution in [3.05, 3.63) is 0 Å². The first-order valence-corrected chi connectivity index (χ1v) is 6.23. The van der Waals surface area contributed by atoms with Crippen LogP contribution in [0, 0.1) is 0 Å². The van der Waals surface area contributed by atoms with Crippen LogP contribution in [0.3, 0.4) is 0 Å². The van der Waals surface area contributed by atoms with Crippen molar-refractivity contribution in [2.24, 2.45) is 0 Å². The number of amides is 1. The highest BCUT2D eigenvalue weighted by molar-refractivity contribution is 5.79. The third-order valence-electron chi connectivity index (χ3n) is 3.90. The third-order valence-corrected chi connectivity index (χ3v) is 3.90. The van der Waals surface area contributed by atoms with Crippen LogP contribution in [0.4, 0.5) is 0 Å². The Kier molecular flexibility index (Phi) is 3.50. The van der Waals surface area contributed by atoms with Gasteiger partial charge in [-0.1, -0.05) is 12.8 Å². The fraction of sp³-hybridized carbons (Fsp3) is 0.917. The van der Waals surface area contributed by atoms with E-state index in [1.165, 1.54) is 12.8 Å². The zero-order valence-electron chi connectivity index (χ0n) is 10.2. The number of aliphatic hydroxyl groups is 1. The average Bonchev–Trinajstić information content (AvgIpc) is 2.57. The van der Waals surface area contributed by atoms with E-state index in [1.54, 1.807) is 0 Å². The van der Waals surface area contributed by atoms with E-state index in [9.17, 15) is 9.90 Å². The molecule has 2 fully saturated rings. The third kappa shape index (κ3) is 2.23. The predicted molar refractivity (Wildman–Crippen MR) is 62.1 cm³/mol.